The monoisotopic (exact) mass is 257 g/mol. The van der Waals surface area contributed by atoms with Crippen LogP contribution in [-0.4, -0.2) is 17.6 Å². The molecular formula is C16H19NO2. The fourth-order valence-electron chi connectivity index (χ4n) is 2.39. The number of rotatable bonds is 4. The van der Waals surface area contributed by atoms with Gasteiger partial charge in [-0.2, -0.15) is 0 Å². The molecule has 1 aromatic carbocycles. The van der Waals surface area contributed by atoms with E-state index in [1.54, 1.807) is 6.20 Å². The zero-order chi connectivity index (χ0) is 13.8. The Morgan fingerprint density at radius 1 is 1.26 bits per heavy atom. The minimum absolute atomic E-state index is 0.158. The first kappa shape index (κ1) is 13.5. The maximum Gasteiger partial charge on any atom is 0.313 e. The molecule has 0 aliphatic carbocycles. The third kappa shape index (κ3) is 2.75. The van der Waals surface area contributed by atoms with Crippen molar-refractivity contribution in [3.8, 4) is 0 Å². The van der Waals surface area contributed by atoms with Crippen molar-refractivity contribution < 1.29 is 9.53 Å². The van der Waals surface area contributed by atoms with Crippen LogP contribution in [0.2, 0.25) is 0 Å². The SMILES string of the molecule is CCOC(=O)C(c1cccc2ncccc12)C(C)C. The van der Waals surface area contributed by atoms with E-state index >= 15 is 0 Å². The van der Waals surface area contributed by atoms with Gasteiger partial charge in [-0.15, -0.1) is 0 Å². The second kappa shape index (κ2) is 5.83. The second-order valence-corrected chi connectivity index (χ2v) is 4.89. The van der Waals surface area contributed by atoms with Crippen LogP contribution in [0.1, 0.15) is 32.3 Å². The molecule has 2 rings (SSSR count). The predicted octanol–water partition coefficient (Wildman–Crippen LogP) is 3.54. The van der Waals surface area contributed by atoms with Crippen LogP contribution in [0.5, 0.6) is 0 Å². The predicted molar refractivity (Wildman–Crippen MR) is 76.0 cm³/mol. The highest BCUT2D eigenvalue weighted by Gasteiger charge is 2.27. The third-order valence-electron chi connectivity index (χ3n) is 3.22. The van der Waals surface area contributed by atoms with Gasteiger partial charge in [-0.05, 0) is 30.5 Å². The maximum atomic E-state index is 12.2. The summed E-state index contributed by atoms with van der Waals surface area (Å²) in [5.74, 6) is -0.216. The van der Waals surface area contributed by atoms with Crippen molar-refractivity contribution in [2.24, 2.45) is 5.92 Å². The lowest BCUT2D eigenvalue weighted by molar-refractivity contribution is -0.146. The molecule has 1 atom stereocenters. The van der Waals surface area contributed by atoms with Crippen molar-refractivity contribution >= 4 is 16.9 Å². The van der Waals surface area contributed by atoms with E-state index in [1.165, 1.54) is 0 Å². The number of fused-ring (bicyclic) bond motifs is 1. The van der Waals surface area contributed by atoms with Crippen molar-refractivity contribution in [1.82, 2.24) is 4.98 Å². The van der Waals surface area contributed by atoms with Crippen LogP contribution in [-0.2, 0) is 9.53 Å². The van der Waals surface area contributed by atoms with Gasteiger partial charge in [0, 0.05) is 11.6 Å². The summed E-state index contributed by atoms with van der Waals surface area (Å²) in [7, 11) is 0. The summed E-state index contributed by atoms with van der Waals surface area (Å²) >= 11 is 0. The average Bonchev–Trinajstić information content (AvgIpc) is 2.39. The third-order valence-corrected chi connectivity index (χ3v) is 3.22. The maximum absolute atomic E-state index is 12.2. The van der Waals surface area contributed by atoms with Gasteiger partial charge in [0.2, 0.25) is 0 Å². The molecule has 0 aliphatic heterocycles. The Labute approximate surface area is 113 Å². The molecule has 100 valence electrons. The Kier molecular flexibility index (Phi) is 4.15. The van der Waals surface area contributed by atoms with Gasteiger partial charge < -0.3 is 4.74 Å². The largest absolute Gasteiger partial charge is 0.466 e. The van der Waals surface area contributed by atoms with Gasteiger partial charge in [0.05, 0.1) is 18.0 Å². The molecule has 0 radical (unpaired) electrons. The first-order valence-corrected chi connectivity index (χ1v) is 6.65. The first-order valence-electron chi connectivity index (χ1n) is 6.65. The van der Waals surface area contributed by atoms with Crippen molar-refractivity contribution in [2.75, 3.05) is 6.61 Å². The number of nitrogens with zero attached hydrogens (tertiary/aromatic N) is 1. The lowest BCUT2D eigenvalue weighted by Crippen LogP contribution is -2.21. The van der Waals surface area contributed by atoms with E-state index in [0.717, 1.165) is 16.5 Å². The highest BCUT2D eigenvalue weighted by atomic mass is 16.5. The molecular weight excluding hydrogens is 238 g/mol. The van der Waals surface area contributed by atoms with Crippen LogP contribution in [0.4, 0.5) is 0 Å². The van der Waals surface area contributed by atoms with Gasteiger partial charge in [-0.25, -0.2) is 0 Å². The normalized spacial score (nSPS) is 12.6. The molecule has 2 aromatic rings. The lowest BCUT2D eigenvalue weighted by atomic mass is 9.86. The topological polar surface area (TPSA) is 39.2 Å². The van der Waals surface area contributed by atoms with Gasteiger partial charge in [-0.1, -0.05) is 32.0 Å². The fourth-order valence-corrected chi connectivity index (χ4v) is 2.39. The van der Waals surface area contributed by atoms with Gasteiger partial charge in [0.1, 0.15) is 0 Å². The minimum Gasteiger partial charge on any atom is -0.466 e. The van der Waals surface area contributed by atoms with E-state index in [9.17, 15) is 4.79 Å². The molecule has 3 nitrogen and oxygen atoms in total. The van der Waals surface area contributed by atoms with Crippen LogP contribution >= 0.6 is 0 Å². The van der Waals surface area contributed by atoms with E-state index in [4.69, 9.17) is 4.74 Å². The number of carbonyl (C=O) groups excluding carboxylic acids is 1. The number of ether oxygens (including phenoxy) is 1. The molecule has 0 N–H and O–H groups in total. The van der Waals surface area contributed by atoms with Crippen molar-refractivity contribution in [3.05, 3.63) is 42.1 Å². The highest BCUT2D eigenvalue weighted by Crippen LogP contribution is 2.31. The average molecular weight is 257 g/mol. The summed E-state index contributed by atoms with van der Waals surface area (Å²) in [5.41, 5.74) is 1.91. The summed E-state index contributed by atoms with van der Waals surface area (Å²) in [6.45, 7) is 6.32. The Hall–Kier alpha value is -1.90. The zero-order valence-corrected chi connectivity index (χ0v) is 11.6. The molecule has 1 unspecified atom stereocenters. The Bertz CT molecular complexity index is 572. The molecule has 0 aliphatic rings. The van der Waals surface area contributed by atoms with E-state index < -0.39 is 0 Å². The number of esters is 1. The molecule has 1 aromatic heterocycles. The van der Waals surface area contributed by atoms with Crippen LogP contribution in [0, 0.1) is 5.92 Å². The summed E-state index contributed by atoms with van der Waals surface area (Å²) in [6.07, 6.45) is 1.76. The number of pyridine rings is 1. The Morgan fingerprint density at radius 3 is 2.74 bits per heavy atom. The smallest absolute Gasteiger partial charge is 0.313 e. The molecule has 0 bridgehead atoms. The number of hydrogen-bond donors (Lipinski definition) is 0. The molecule has 19 heavy (non-hydrogen) atoms. The van der Waals surface area contributed by atoms with E-state index in [0.29, 0.717) is 6.61 Å². The van der Waals surface area contributed by atoms with Gasteiger partial charge >= 0.3 is 5.97 Å². The number of carbonyl (C=O) groups is 1. The first-order chi connectivity index (χ1) is 9.15. The lowest BCUT2D eigenvalue weighted by Gasteiger charge is -2.20. The van der Waals surface area contributed by atoms with Crippen molar-refractivity contribution in [1.29, 1.82) is 0 Å². The number of benzene rings is 1. The second-order valence-electron chi connectivity index (χ2n) is 4.89. The highest BCUT2D eigenvalue weighted by molar-refractivity contribution is 5.89. The zero-order valence-electron chi connectivity index (χ0n) is 11.6. The van der Waals surface area contributed by atoms with E-state index in [-0.39, 0.29) is 17.8 Å². The van der Waals surface area contributed by atoms with Crippen LogP contribution in [0.3, 0.4) is 0 Å². The van der Waals surface area contributed by atoms with Crippen molar-refractivity contribution in [3.63, 3.8) is 0 Å². The summed E-state index contributed by atoms with van der Waals surface area (Å²) in [4.78, 5) is 16.5. The fraction of sp³-hybridized carbons (Fsp3) is 0.375. The Balaban J connectivity index is 2.53. The summed E-state index contributed by atoms with van der Waals surface area (Å²) in [5, 5.41) is 1.02. The molecule has 0 spiro atoms. The number of aromatic nitrogens is 1. The quantitative estimate of drug-likeness (QED) is 0.786. The van der Waals surface area contributed by atoms with Gasteiger partial charge in [-0.3, -0.25) is 9.78 Å². The van der Waals surface area contributed by atoms with Crippen LogP contribution < -0.4 is 0 Å². The van der Waals surface area contributed by atoms with Gasteiger partial charge in [0.15, 0.2) is 0 Å². The molecule has 0 amide bonds. The molecule has 1 heterocycles. The standard InChI is InChI=1S/C16H19NO2/c1-4-19-16(18)15(11(2)3)13-7-5-9-14-12(13)8-6-10-17-14/h5-11,15H,4H2,1-3H3. The molecule has 0 saturated carbocycles. The molecule has 0 fully saturated rings. The van der Waals surface area contributed by atoms with Crippen LogP contribution in [0.15, 0.2) is 36.5 Å². The van der Waals surface area contributed by atoms with E-state index in [2.05, 4.69) is 4.98 Å². The summed E-state index contributed by atoms with van der Waals surface area (Å²) < 4.78 is 5.21. The minimum atomic E-state index is -0.243. The number of hydrogen-bond acceptors (Lipinski definition) is 3. The molecule has 0 saturated heterocycles. The Morgan fingerprint density at radius 2 is 2.05 bits per heavy atom. The van der Waals surface area contributed by atoms with E-state index in [1.807, 2.05) is 51.1 Å². The summed E-state index contributed by atoms with van der Waals surface area (Å²) in [6, 6.07) is 9.80. The molecule has 3 heteroatoms. The van der Waals surface area contributed by atoms with Crippen molar-refractivity contribution in [2.45, 2.75) is 26.7 Å². The van der Waals surface area contributed by atoms with Crippen LogP contribution in [0.25, 0.3) is 10.9 Å². The van der Waals surface area contributed by atoms with Gasteiger partial charge in [0.25, 0.3) is 0 Å².